The number of likely N-dealkylation sites (N-methyl/N-ethyl adjacent to an activating group) is 2. The molecule has 48 heavy (non-hydrogen) atoms. The van der Waals surface area contributed by atoms with Crippen molar-refractivity contribution in [2.75, 3.05) is 40.4 Å². The quantitative estimate of drug-likeness (QED) is 0.0979. The van der Waals surface area contributed by atoms with Gasteiger partial charge in [-0.1, -0.05) is 146 Å². The molecule has 4 atom stereocenters. The highest BCUT2D eigenvalue weighted by Gasteiger charge is 2.27. The molecule has 6 aromatic rings. The average Bonchev–Trinajstić information content (AvgIpc) is 3.15. The molecule has 0 aliphatic rings. The molecule has 0 saturated heterocycles. The number of fused-ring (bicyclic) bond motifs is 2. The Kier molecular flexibility index (Phi) is 12.0. The number of benzene rings is 6. The van der Waals surface area contributed by atoms with Crippen molar-refractivity contribution < 1.29 is 9.47 Å². The van der Waals surface area contributed by atoms with Crippen molar-refractivity contribution >= 4 is 21.5 Å². The van der Waals surface area contributed by atoms with Crippen LogP contribution in [0.25, 0.3) is 21.5 Å². The molecule has 6 aromatic carbocycles. The van der Waals surface area contributed by atoms with Crippen LogP contribution in [-0.2, 0) is 9.47 Å². The van der Waals surface area contributed by atoms with Gasteiger partial charge in [-0.15, -0.1) is 0 Å². The molecule has 0 bridgehead atoms. The Labute approximate surface area is 286 Å². The molecule has 0 spiro atoms. The molecule has 2 N–H and O–H groups in total. The number of hydrogen-bond donors (Lipinski definition) is 2. The van der Waals surface area contributed by atoms with E-state index in [4.69, 9.17) is 9.47 Å². The Hall–Kier alpha value is -4.32. The maximum atomic E-state index is 6.79. The van der Waals surface area contributed by atoms with Gasteiger partial charge in [0, 0.05) is 38.1 Å². The van der Waals surface area contributed by atoms with Crippen molar-refractivity contribution in [1.29, 1.82) is 0 Å². The molecule has 4 heteroatoms. The highest BCUT2D eigenvalue weighted by molar-refractivity contribution is 5.84. The number of nitrogens with one attached hydrogen (secondary N) is 2. The van der Waals surface area contributed by atoms with Crippen LogP contribution in [0.5, 0.6) is 0 Å². The van der Waals surface area contributed by atoms with E-state index >= 15 is 0 Å². The van der Waals surface area contributed by atoms with Gasteiger partial charge >= 0.3 is 0 Å². The summed E-state index contributed by atoms with van der Waals surface area (Å²) in [6.07, 6.45) is 1.71. The fourth-order valence-corrected chi connectivity index (χ4v) is 6.92. The fourth-order valence-electron chi connectivity index (χ4n) is 6.92. The lowest BCUT2D eigenvalue weighted by Crippen LogP contribution is -2.26. The first-order valence-corrected chi connectivity index (χ1v) is 17.3. The lowest BCUT2D eigenvalue weighted by molar-refractivity contribution is 0.0109. The van der Waals surface area contributed by atoms with Crippen LogP contribution in [0, 0.1) is 0 Å². The minimum atomic E-state index is -0.0642. The third kappa shape index (κ3) is 8.39. The zero-order chi connectivity index (χ0) is 33.0. The number of hydrogen-bond acceptors (Lipinski definition) is 4. The van der Waals surface area contributed by atoms with E-state index in [1.807, 2.05) is 14.1 Å². The zero-order valence-corrected chi connectivity index (χ0v) is 28.2. The predicted octanol–water partition coefficient (Wildman–Crippen LogP) is 9.60. The van der Waals surface area contributed by atoms with Gasteiger partial charge in [-0.05, 0) is 70.7 Å². The van der Waals surface area contributed by atoms with Crippen LogP contribution < -0.4 is 10.6 Å². The van der Waals surface area contributed by atoms with Crippen molar-refractivity contribution in [2.24, 2.45) is 0 Å². The fraction of sp³-hybridized carbons (Fsp3) is 0.273. The Bertz CT molecular complexity index is 1700. The van der Waals surface area contributed by atoms with Crippen LogP contribution in [-0.4, -0.2) is 40.4 Å². The van der Waals surface area contributed by atoms with Gasteiger partial charge in [0.2, 0.25) is 0 Å². The van der Waals surface area contributed by atoms with E-state index < -0.39 is 0 Å². The van der Waals surface area contributed by atoms with Gasteiger partial charge in [0.25, 0.3) is 0 Å². The molecule has 0 fully saturated rings. The van der Waals surface area contributed by atoms with Gasteiger partial charge in [0.1, 0.15) is 0 Å². The van der Waals surface area contributed by atoms with Crippen molar-refractivity contribution in [1.82, 2.24) is 10.6 Å². The number of unbranched alkanes of at least 4 members (excludes halogenated alkanes) is 1. The van der Waals surface area contributed by atoms with E-state index in [0.717, 1.165) is 25.9 Å². The predicted molar refractivity (Wildman–Crippen MR) is 201 cm³/mol. The van der Waals surface area contributed by atoms with Crippen molar-refractivity contribution in [3.63, 3.8) is 0 Å². The smallest absolute Gasteiger partial charge is 0.0905 e. The van der Waals surface area contributed by atoms with E-state index in [2.05, 4.69) is 156 Å². The van der Waals surface area contributed by atoms with Crippen LogP contribution in [0.3, 0.4) is 0 Å². The Balaban J connectivity index is 1.14. The molecule has 0 saturated carbocycles. The second kappa shape index (κ2) is 17.2. The minimum Gasteiger partial charge on any atom is -0.373 e. The normalized spacial score (nSPS) is 14.1. The first kappa shape index (κ1) is 33.6. The molecule has 0 radical (unpaired) electrons. The van der Waals surface area contributed by atoms with Crippen molar-refractivity contribution in [3.05, 3.63) is 168 Å². The van der Waals surface area contributed by atoms with Gasteiger partial charge in [0.05, 0.1) is 12.2 Å². The Morgan fingerprint density at radius 1 is 0.417 bits per heavy atom. The van der Waals surface area contributed by atoms with Crippen LogP contribution in [0.1, 0.15) is 59.1 Å². The van der Waals surface area contributed by atoms with Gasteiger partial charge in [-0.2, -0.15) is 0 Å². The summed E-state index contributed by atoms with van der Waals surface area (Å²) in [7, 11) is 4.05. The first-order chi connectivity index (χ1) is 23.7. The van der Waals surface area contributed by atoms with E-state index in [-0.39, 0.29) is 24.0 Å². The lowest BCUT2D eigenvalue weighted by Gasteiger charge is -2.29. The third-order valence-corrected chi connectivity index (χ3v) is 9.37. The topological polar surface area (TPSA) is 42.5 Å². The first-order valence-electron chi connectivity index (χ1n) is 17.3. The van der Waals surface area contributed by atoms with E-state index in [9.17, 15) is 0 Å². The molecular weight excluding hydrogens is 588 g/mol. The van der Waals surface area contributed by atoms with E-state index in [1.54, 1.807) is 0 Å². The average molecular weight is 637 g/mol. The second-order valence-electron chi connectivity index (χ2n) is 12.7. The molecule has 1 unspecified atom stereocenters. The largest absolute Gasteiger partial charge is 0.373 e. The second-order valence-corrected chi connectivity index (χ2v) is 12.7. The summed E-state index contributed by atoms with van der Waals surface area (Å²) >= 11 is 0. The highest BCUT2D eigenvalue weighted by Crippen LogP contribution is 2.37. The summed E-state index contributed by atoms with van der Waals surface area (Å²) in [6, 6.07) is 52.1. The Morgan fingerprint density at radius 3 is 1.19 bits per heavy atom. The van der Waals surface area contributed by atoms with E-state index in [0.29, 0.717) is 13.2 Å². The van der Waals surface area contributed by atoms with Crippen LogP contribution in [0.15, 0.2) is 146 Å². The summed E-state index contributed by atoms with van der Waals surface area (Å²) < 4.78 is 13.6. The highest BCUT2D eigenvalue weighted by atomic mass is 16.5. The summed E-state index contributed by atoms with van der Waals surface area (Å²) in [5, 5.41) is 11.9. The molecule has 0 aliphatic heterocycles. The van der Waals surface area contributed by atoms with Gasteiger partial charge < -0.3 is 20.1 Å². The summed E-state index contributed by atoms with van der Waals surface area (Å²) in [5.41, 5.74) is 4.98. The monoisotopic (exact) mass is 636 g/mol. The Morgan fingerprint density at radius 2 is 0.792 bits per heavy atom. The third-order valence-electron chi connectivity index (χ3n) is 9.37. The van der Waals surface area contributed by atoms with Crippen LogP contribution >= 0.6 is 0 Å². The summed E-state index contributed by atoms with van der Waals surface area (Å²) in [4.78, 5) is 0. The van der Waals surface area contributed by atoms with E-state index in [1.165, 1.54) is 43.8 Å². The molecule has 4 nitrogen and oxygen atoms in total. The van der Waals surface area contributed by atoms with Crippen LogP contribution in [0.4, 0.5) is 0 Å². The van der Waals surface area contributed by atoms with Gasteiger partial charge in [-0.25, -0.2) is 0 Å². The molecule has 0 aromatic heterocycles. The molecular formula is C44H48N2O2. The SMILES string of the molecule is CNCC(c1ccc2ccccc2c1)[C@@H](OCCCCO[C@@H](c1ccccc1)[C@H](CNC)c1ccc2ccccc2c1)c1ccccc1. The van der Waals surface area contributed by atoms with Crippen molar-refractivity contribution in [2.45, 2.75) is 36.9 Å². The maximum Gasteiger partial charge on any atom is 0.0905 e. The minimum absolute atomic E-state index is 0.0642. The molecule has 0 amide bonds. The number of ether oxygens (including phenoxy) is 2. The molecule has 0 aliphatic carbocycles. The lowest BCUT2D eigenvalue weighted by atomic mass is 9.87. The van der Waals surface area contributed by atoms with Gasteiger partial charge in [0.15, 0.2) is 0 Å². The maximum absolute atomic E-state index is 6.79. The van der Waals surface area contributed by atoms with Gasteiger partial charge in [-0.3, -0.25) is 0 Å². The summed E-state index contributed by atoms with van der Waals surface area (Å²) in [5.74, 6) is 0.343. The number of rotatable bonds is 17. The standard InChI is InChI=1S/C44H48N2O2/c1-45-31-41(39-25-23-33-15-9-11-21-37(33)29-39)43(35-17-5-3-6-18-35)47-27-13-14-28-48-44(36-19-7-4-8-20-36)42(32-46-2)40-26-24-34-16-10-12-22-38(34)30-40/h3-12,15-26,29-30,41-46H,13-14,27-28,31-32H2,1-2H3/t41-,42?,43+,44+/m1/s1. The molecule has 0 heterocycles. The van der Waals surface area contributed by atoms with Crippen LogP contribution in [0.2, 0.25) is 0 Å². The molecule has 6 rings (SSSR count). The summed E-state index contributed by atoms with van der Waals surface area (Å²) in [6.45, 7) is 2.97. The molecule has 246 valence electrons. The zero-order valence-electron chi connectivity index (χ0n) is 28.2. The van der Waals surface area contributed by atoms with Crippen molar-refractivity contribution in [3.8, 4) is 0 Å².